The average molecular weight is 240 g/mol. The minimum atomic E-state index is -0.366. The number of hydrogen-bond acceptors (Lipinski definition) is 3. The maximum absolute atomic E-state index is 12.4. The predicted octanol–water partition coefficient (Wildman–Crippen LogP) is 2.68. The Morgan fingerprint density at radius 1 is 1.06 bits per heavy atom. The van der Waals surface area contributed by atoms with Crippen LogP contribution in [0, 0.1) is 0 Å². The first-order valence-electron chi connectivity index (χ1n) is 5.87. The summed E-state index contributed by atoms with van der Waals surface area (Å²) in [5.41, 5.74) is 1.92. The molecule has 0 radical (unpaired) electrons. The van der Waals surface area contributed by atoms with E-state index in [1.807, 2.05) is 0 Å². The Morgan fingerprint density at radius 3 is 2.33 bits per heavy atom. The molecule has 3 heteroatoms. The molecule has 3 rings (SSSR count). The number of Topliss-reactive ketones (excluding diaryl/α,β-unsaturated/α-hetero) is 2. The van der Waals surface area contributed by atoms with Crippen molar-refractivity contribution in [2.75, 3.05) is 0 Å². The first-order valence-corrected chi connectivity index (χ1v) is 5.87. The summed E-state index contributed by atoms with van der Waals surface area (Å²) in [5, 5.41) is 0. The van der Waals surface area contributed by atoms with Crippen molar-refractivity contribution in [1.82, 2.24) is 0 Å². The fraction of sp³-hybridized carbons (Fsp3) is 0.200. The number of ether oxygens (including phenoxy) is 1. The van der Waals surface area contributed by atoms with Crippen molar-refractivity contribution < 1.29 is 14.3 Å². The van der Waals surface area contributed by atoms with E-state index in [2.05, 4.69) is 0 Å². The third-order valence-electron chi connectivity index (χ3n) is 3.31. The number of benzene rings is 1. The second kappa shape index (κ2) is 3.67. The van der Waals surface area contributed by atoms with Crippen LogP contribution in [0.5, 0.6) is 0 Å². The summed E-state index contributed by atoms with van der Waals surface area (Å²) in [4.78, 5) is 24.8. The zero-order valence-corrected chi connectivity index (χ0v) is 10.2. The Hall–Kier alpha value is -2.16. The van der Waals surface area contributed by atoms with Crippen LogP contribution in [0.1, 0.15) is 34.6 Å². The lowest BCUT2D eigenvalue weighted by atomic mass is 9.81. The van der Waals surface area contributed by atoms with Gasteiger partial charge in [0.1, 0.15) is 6.10 Å². The first kappa shape index (κ1) is 11.0. The summed E-state index contributed by atoms with van der Waals surface area (Å²) >= 11 is 0. The number of allylic oxidation sites excluding steroid dienone is 3. The third kappa shape index (κ3) is 1.37. The van der Waals surface area contributed by atoms with E-state index in [1.165, 1.54) is 0 Å². The molecule has 0 saturated carbocycles. The normalized spacial score (nSPS) is 22.1. The van der Waals surface area contributed by atoms with E-state index in [4.69, 9.17) is 4.74 Å². The van der Waals surface area contributed by atoms with Gasteiger partial charge in [-0.2, -0.15) is 0 Å². The monoisotopic (exact) mass is 240 g/mol. The summed E-state index contributed by atoms with van der Waals surface area (Å²) in [6.45, 7) is 3.59. The topological polar surface area (TPSA) is 43.4 Å². The molecule has 0 N–H and O–H groups in total. The highest BCUT2D eigenvalue weighted by Crippen LogP contribution is 2.33. The van der Waals surface area contributed by atoms with E-state index < -0.39 is 0 Å². The Kier molecular flexibility index (Phi) is 2.23. The number of ketones is 2. The zero-order chi connectivity index (χ0) is 12.9. The number of fused-ring (bicyclic) bond motifs is 1. The van der Waals surface area contributed by atoms with Crippen LogP contribution in [0.3, 0.4) is 0 Å². The van der Waals surface area contributed by atoms with E-state index in [0.29, 0.717) is 28.0 Å². The lowest BCUT2D eigenvalue weighted by Gasteiger charge is -2.28. The summed E-state index contributed by atoms with van der Waals surface area (Å²) in [7, 11) is 0. The highest BCUT2D eigenvalue weighted by atomic mass is 16.5. The SMILES string of the molecule is CC1=CC2=C(C(=O)c3ccccc3C2=O)C(C)O1. The van der Waals surface area contributed by atoms with E-state index >= 15 is 0 Å². The minimum absolute atomic E-state index is 0.0882. The van der Waals surface area contributed by atoms with Gasteiger partial charge in [0.15, 0.2) is 11.6 Å². The van der Waals surface area contributed by atoms with Crippen LogP contribution < -0.4 is 0 Å². The van der Waals surface area contributed by atoms with Gasteiger partial charge < -0.3 is 4.74 Å². The molecule has 2 aliphatic rings. The van der Waals surface area contributed by atoms with Crippen LogP contribution in [0.2, 0.25) is 0 Å². The molecule has 1 unspecified atom stereocenters. The van der Waals surface area contributed by atoms with Crippen molar-refractivity contribution >= 4 is 11.6 Å². The van der Waals surface area contributed by atoms with E-state index in [0.717, 1.165) is 0 Å². The predicted molar refractivity (Wildman–Crippen MR) is 66.4 cm³/mol. The quantitative estimate of drug-likeness (QED) is 0.700. The van der Waals surface area contributed by atoms with Crippen molar-refractivity contribution in [2.24, 2.45) is 0 Å². The molecule has 1 atom stereocenters. The molecule has 1 aromatic carbocycles. The smallest absolute Gasteiger partial charge is 0.194 e. The maximum atomic E-state index is 12.4. The van der Waals surface area contributed by atoms with Crippen LogP contribution in [0.4, 0.5) is 0 Å². The minimum Gasteiger partial charge on any atom is -0.490 e. The van der Waals surface area contributed by atoms with Gasteiger partial charge in [-0.25, -0.2) is 0 Å². The van der Waals surface area contributed by atoms with Gasteiger partial charge in [0.05, 0.1) is 11.3 Å². The Balaban J connectivity index is 2.27. The van der Waals surface area contributed by atoms with Gasteiger partial charge in [-0.05, 0) is 19.9 Å². The fourth-order valence-electron chi connectivity index (χ4n) is 2.54. The molecular formula is C15H12O3. The van der Waals surface area contributed by atoms with Crippen molar-refractivity contribution in [2.45, 2.75) is 20.0 Å². The average Bonchev–Trinajstić information content (AvgIpc) is 2.35. The van der Waals surface area contributed by atoms with Crippen molar-refractivity contribution in [3.05, 3.63) is 58.4 Å². The molecule has 0 aromatic heterocycles. The van der Waals surface area contributed by atoms with Crippen molar-refractivity contribution in [1.29, 1.82) is 0 Å². The maximum Gasteiger partial charge on any atom is 0.194 e. The van der Waals surface area contributed by atoms with Crippen LogP contribution in [-0.4, -0.2) is 17.7 Å². The van der Waals surface area contributed by atoms with Crippen LogP contribution >= 0.6 is 0 Å². The van der Waals surface area contributed by atoms with Crippen LogP contribution in [0.25, 0.3) is 0 Å². The molecule has 18 heavy (non-hydrogen) atoms. The second-order valence-electron chi connectivity index (χ2n) is 4.55. The molecule has 0 saturated heterocycles. The van der Waals surface area contributed by atoms with Crippen molar-refractivity contribution in [3.8, 4) is 0 Å². The molecule has 0 spiro atoms. The highest BCUT2D eigenvalue weighted by molar-refractivity contribution is 6.28. The van der Waals surface area contributed by atoms with Gasteiger partial charge in [0, 0.05) is 16.7 Å². The number of carbonyl (C=O) groups is 2. The molecule has 90 valence electrons. The molecule has 0 bridgehead atoms. The molecule has 1 aliphatic heterocycles. The zero-order valence-electron chi connectivity index (χ0n) is 10.2. The Morgan fingerprint density at radius 2 is 1.67 bits per heavy atom. The van der Waals surface area contributed by atoms with Gasteiger partial charge in [-0.15, -0.1) is 0 Å². The molecule has 1 aromatic rings. The molecule has 0 amide bonds. The summed E-state index contributed by atoms with van der Waals surface area (Å²) in [6, 6.07) is 6.93. The van der Waals surface area contributed by atoms with E-state index in [1.54, 1.807) is 44.2 Å². The molecule has 0 fully saturated rings. The van der Waals surface area contributed by atoms with Gasteiger partial charge in [-0.1, -0.05) is 24.3 Å². The standard InChI is InChI=1S/C15H12O3/c1-8-7-12-13(9(2)18-8)15(17)11-6-4-3-5-10(11)14(12)16/h3-7,9H,1-2H3. The summed E-state index contributed by atoms with van der Waals surface area (Å²) in [5.74, 6) is 0.480. The van der Waals surface area contributed by atoms with Crippen molar-refractivity contribution in [3.63, 3.8) is 0 Å². The van der Waals surface area contributed by atoms with Gasteiger partial charge in [0.25, 0.3) is 0 Å². The lowest BCUT2D eigenvalue weighted by molar-refractivity contribution is 0.0905. The largest absolute Gasteiger partial charge is 0.490 e. The molecular weight excluding hydrogens is 228 g/mol. The van der Waals surface area contributed by atoms with E-state index in [9.17, 15) is 9.59 Å². The first-order chi connectivity index (χ1) is 8.59. The number of rotatable bonds is 0. The van der Waals surface area contributed by atoms with Crippen LogP contribution in [-0.2, 0) is 4.74 Å². The lowest BCUT2D eigenvalue weighted by Crippen LogP contribution is -2.30. The van der Waals surface area contributed by atoms with E-state index in [-0.39, 0.29) is 17.7 Å². The third-order valence-corrected chi connectivity index (χ3v) is 3.31. The molecule has 1 heterocycles. The summed E-state index contributed by atoms with van der Waals surface area (Å²) < 4.78 is 5.52. The Bertz CT molecular complexity index is 635. The molecule has 1 aliphatic carbocycles. The summed E-state index contributed by atoms with van der Waals surface area (Å²) in [6.07, 6.45) is 1.29. The van der Waals surface area contributed by atoms with Gasteiger partial charge in [0.2, 0.25) is 0 Å². The number of hydrogen-bond donors (Lipinski definition) is 0. The fourth-order valence-corrected chi connectivity index (χ4v) is 2.54. The second-order valence-corrected chi connectivity index (χ2v) is 4.55. The molecule has 3 nitrogen and oxygen atoms in total. The van der Waals surface area contributed by atoms with Gasteiger partial charge in [-0.3, -0.25) is 9.59 Å². The van der Waals surface area contributed by atoms with Crippen LogP contribution in [0.15, 0.2) is 47.2 Å². The highest BCUT2D eigenvalue weighted by Gasteiger charge is 2.36. The number of carbonyl (C=O) groups excluding carboxylic acids is 2. The Labute approximate surface area is 105 Å². The van der Waals surface area contributed by atoms with Gasteiger partial charge >= 0.3 is 0 Å².